The van der Waals surface area contributed by atoms with Gasteiger partial charge >= 0.3 is 5.97 Å². The summed E-state index contributed by atoms with van der Waals surface area (Å²) in [5.41, 5.74) is 1.83. The van der Waals surface area contributed by atoms with E-state index in [2.05, 4.69) is 0 Å². The molecular weight excluding hydrogens is 562 g/mol. The highest BCUT2D eigenvalue weighted by Crippen LogP contribution is 2.37. The van der Waals surface area contributed by atoms with Crippen molar-refractivity contribution in [1.29, 1.82) is 0 Å². The molecular formula is C32H24ClNO6S. The lowest BCUT2D eigenvalue weighted by Crippen LogP contribution is -2.35. The van der Waals surface area contributed by atoms with Gasteiger partial charge in [-0.05, 0) is 61.0 Å². The third kappa shape index (κ3) is 5.79. The van der Waals surface area contributed by atoms with Crippen LogP contribution in [0.3, 0.4) is 0 Å². The number of amides is 1. The van der Waals surface area contributed by atoms with Gasteiger partial charge in [0.2, 0.25) is 0 Å². The molecule has 4 aromatic carbocycles. The molecule has 1 amide bonds. The van der Waals surface area contributed by atoms with Gasteiger partial charge in [-0.2, -0.15) is 4.31 Å². The van der Waals surface area contributed by atoms with Crippen molar-refractivity contribution in [3.63, 3.8) is 0 Å². The van der Waals surface area contributed by atoms with Crippen molar-refractivity contribution in [1.82, 2.24) is 0 Å². The summed E-state index contributed by atoms with van der Waals surface area (Å²) in [6.45, 7) is 1.81. The zero-order valence-electron chi connectivity index (χ0n) is 21.9. The first kappa shape index (κ1) is 27.9. The molecule has 0 radical (unpaired) electrons. The van der Waals surface area contributed by atoms with Crippen LogP contribution in [0.15, 0.2) is 119 Å². The van der Waals surface area contributed by atoms with E-state index in [9.17, 15) is 18.0 Å². The van der Waals surface area contributed by atoms with Crippen molar-refractivity contribution in [3.05, 3.63) is 125 Å². The minimum absolute atomic E-state index is 0.0149. The Balaban J connectivity index is 1.69. The third-order valence-corrected chi connectivity index (χ3v) is 8.18. The van der Waals surface area contributed by atoms with Crippen LogP contribution >= 0.6 is 11.6 Å². The number of hydrogen-bond acceptors (Lipinski definition) is 6. The zero-order valence-corrected chi connectivity index (χ0v) is 23.4. The van der Waals surface area contributed by atoms with E-state index >= 15 is 0 Å². The van der Waals surface area contributed by atoms with Crippen molar-refractivity contribution >= 4 is 56.2 Å². The topological polar surface area (TPSA) is 93.9 Å². The van der Waals surface area contributed by atoms with E-state index in [4.69, 9.17) is 20.8 Å². The summed E-state index contributed by atoms with van der Waals surface area (Å²) in [5.74, 6) is -1.17. The Morgan fingerprint density at radius 3 is 2.22 bits per heavy atom. The van der Waals surface area contributed by atoms with Gasteiger partial charge in [0.1, 0.15) is 16.9 Å². The predicted molar refractivity (Wildman–Crippen MR) is 159 cm³/mol. The SMILES string of the molecule is CCOC(=O)c1c(-c2ccccc2)oc2ccc(N(C(=O)/C=C/c3ccccc3)S(=O)(=O)c3ccc(Cl)cc3)cc12. The lowest BCUT2D eigenvalue weighted by atomic mass is 10.1. The van der Waals surface area contributed by atoms with Gasteiger partial charge in [0, 0.05) is 22.0 Å². The van der Waals surface area contributed by atoms with Crippen LogP contribution in [0.4, 0.5) is 5.69 Å². The highest BCUT2D eigenvalue weighted by Gasteiger charge is 2.31. The number of sulfonamides is 1. The summed E-state index contributed by atoms with van der Waals surface area (Å²) in [4.78, 5) is 26.6. The van der Waals surface area contributed by atoms with Crippen LogP contribution in [0.1, 0.15) is 22.8 Å². The molecule has 1 heterocycles. The summed E-state index contributed by atoms with van der Waals surface area (Å²) in [6.07, 6.45) is 2.71. The van der Waals surface area contributed by atoms with Gasteiger partial charge in [0.15, 0.2) is 0 Å². The quantitative estimate of drug-likeness (QED) is 0.139. The molecule has 0 aliphatic carbocycles. The maximum atomic E-state index is 13.9. The first-order chi connectivity index (χ1) is 19.8. The van der Waals surface area contributed by atoms with Crippen LogP contribution < -0.4 is 4.31 Å². The summed E-state index contributed by atoms with van der Waals surface area (Å²) in [7, 11) is -4.40. The number of halogens is 1. The molecule has 0 spiro atoms. The number of carbonyl (C=O) groups excluding carboxylic acids is 2. The molecule has 0 aliphatic rings. The number of carbonyl (C=O) groups is 2. The molecule has 0 atom stereocenters. The second-order valence-corrected chi connectivity index (χ2v) is 11.1. The first-order valence-corrected chi connectivity index (χ1v) is 14.5. The molecule has 0 N–H and O–H groups in total. The largest absolute Gasteiger partial charge is 0.462 e. The summed E-state index contributed by atoms with van der Waals surface area (Å²) < 4.78 is 39.9. The molecule has 5 aromatic rings. The number of furan rings is 1. The molecule has 9 heteroatoms. The van der Waals surface area contributed by atoms with Crippen LogP contribution in [-0.4, -0.2) is 26.9 Å². The number of ether oxygens (including phenoxy) is 1. The Hall–Kier alpha value is -4.66. The molecule has 0 saturated heterocycles. The second-order valence-electron chi connectivity index (χ2n) is 8.88. The zero-order chi connectivity index (χ0) is 29.0. The lowest BCUT2D eigenvalue weighted by molar-refractivity contribution is -0.113. The third-order valence-electron chi connectivity index (χ3n) is 6.19. The molecule has 0 aliphatic heterocycles. The number of benzene rings is 4. The van der Waals surface area contributed by atoms with Crippen LogP contribution in [0.2, 0.25) is 5.02 Å². The molecule has 206 valence electrons. The van der Waals surface area contributed by atoms with Gasteiger partial charge in [-0.3, -0.25) is 4.79 Å². The Morgan fingerprint density at radius 2 is 1.56 bits per heavy atom. The molecule has 0 saturated carbocycles. The normalized spacial score (nSPS) is 11.6. The molecule has 0 bridgehead atoms. The highest BCUT2D eigenvalue weighted by atomic mass is 35.5. The number of anilines is 1. The van der Waals surface area contributed by atoms with Crippen LogP contribution in [0.5, 0.6) is 0 Å². The van der Waals surface area contributed by atoms with Crippen molar-refractivity contribution in [2.75, 3.05) is 10.9 Å². The van der Waals surface area contributed by atoms with E-state index in [0.717, 1.165) is 0 Å². The number of fused-ring (bicyclic) bond motifs is 1. The minimum Gasteiger partial charge on any atom is -0.462 e. The lowest BCUT2D eigenvalue weighted by Gasteiger charge is -2.21. The van der Waals surface area contributed by atoms with E-state index in [1.165, 1.54) is 54.6 Å². The fraction of sp³-hybridized carbons (Fsp3) is 0.0625. The van der Waals surface area contributed by atoms with E-state index in [0.29, 0.717) is 31.4 Å². The number of hydrogen-bond donors (Lipinski definition) is 0. The van der Waals surface area contributed by atoms with Gasteiger partial charge in [-0.25, -0.2) is 13.2 Å². The summed E-state index contributed by atoms with van der Waals surface area (Å²) >= 11 is 5.99. The van der Waals surface area contributed by atoms with E-state index in [1.54, 1.807) is 55.5 Å². The van der Waals surface area contributed by atoms with Gasteiger partial charge in [-0.1, -0.05) is 72.3 Å². The average molecular weight is 586 g/mol. The van der Waals surface area contributed by atoms with E-state index in [1.807, 2.05) is 12.1 Å². The predicted octanol–water partition coefficient (Wildman–Crippen LogP) is 7.37. The van der Waals surface area contributed by atoms with Crippen LogP contribution in [0, 0.1) is 0 Å². The van der Waals surface area contributed by atoms with Gasteiger partial charge in [-0.15, -0.1) is 0 Å². The number of nitrogens with zero attached hydrogens (tertiary/aromatic N) is 1. The fourth-order valence-electron chi connectivity index (χ4n) is 4.31. The smallest absolute Gasteiger partial charge is 0.342 e. The standard InChI is InChI=1S/C32H24ClNO6S/c1-2-39-32(36)30-27-21-25(16-19-28(27)40-31(30)23-11-7-4-8-12-23)34(29(35)20-13-22-9-5-3-6-10-22)41(37,38)26-17-14-24(33)15-18-26/h3-21H,2H2,1H3/b20-13+. The molecule has 7 nitrogen and oxygen atoms in total. The Labute approximate surface area is 242 Å². The molecule has 0 fully saturated rings. The Kier molecular flexibility index (Phi) is 8.05. The molecule has 0 unspecified atom stereocenters. The van der Waals surface area contributed by atoms with Crippen molar-refractivity contribution in [2.45, 2.75) is 11.8 Å². The maximum Gasteiger partial charge on any atom is 0.342 e. The Bertz CT molecular complexity index is 1850. The summed E-state index contributed by atoms with van der Waals surface area (Å²) in [5, 5.41) is 0.647. The fourth-order valence-corrected chi connectivity index (χ4v) is 5.81. The maximum absolute atomic E-state index is 13.9. The highest BCUT2D eigenvalue weighted by molar-refractivity contribution is 7.93. The molecule has 1 aromatic heterocycles. The second kappa shape index (κ2) is 11.8. The van der Waals surface area contributed by atoms with Gasteiger partial charge in [0.05, 0.1) is 17.2 Å². The Morgan fingerprint density at radius 1 is 0.902 bits per heavy atom. The van der Waals surface area contributed by atoms with E-state index in [-0.39, 0.29) is 28.5 Å². The monoisotopic (exact) mass is 585 g/mol. The number of esters is 1. The summed E-state index contributed by atoms with van der Waals surface area (Å²) in [6, 6.07) is 28.0. The number of rotatable bonds is 8. The van der Waals surface area contributed by atoms with Crippen molar-refractivity contribution in [2.24, 2.45) is 0 Å². The van der Waals surface area contributed by atoms with E-state index < -0.39 is 21.9 Å². The van der Waals surface area contributed by atoms with Crippen LogP contribution in [-0.2, 0) is 19.6 Å². The van der Waals surface area contributed by atoms with Crippen molar-refractivity contribution < 1.29 is 27.2 Å². The van der Waals surface area contributed by atoms with Crippen molar-refractivity contribution in [3.8, 4) is 11.3 Å². The molecule has 5 rings (SSSR count). The van der Waals surface area contributed by atoms with Crippen LogP contribution in [0.25, 0.3) is 28.4 Å². The average Bonchev–Trinajstić information content (AvgIpc) is 3.36. The minimum atomic E-state index is -4.40. The molecule has 41 heavy (non-hydrogen) atoms. The van der Waals surface area contributed by atoms with Gasteiger partial charge < -0.3 is 9.15 Å². The van der Waals surface area contributed by atoms with Gasteiger partial charge in [0.25, 0.3) is 15.9 Å². The first-order valence-electron chi connectivity index (χ1n) is 12.7.